The molecule has 7 nitrogen and oxygen atoms in total. The van der Waals surface area contributed by atoms with Gasteiger partial charge in [-0.25, -0.2) is 4.79 Å². The van der Waals surface area contributed by atoms with Crippen molar-refractivity contribution < 1.29 is 24.2 Å². The van der Waals surface area contributed by atoms with Gasteiger partial charge in [0.05, 0.1) is 12.6 Å². The van der Waals surface area contributed by atoms with Gasteiger partial charge in [0.2, 0.25) is 5.91 Å². The number of carbonyl (C=O) groups excluding carboxylic acids is 2. The van der Waals surface area contributed by atoms with E-state index in [0.29, 0.717) is 11.4 Å². The van der Waals surface area contributed by atoms with Gasteiger partial charge in [-0.1, -0.05) is 18.2 Å². The van der Waals surface area contributed by atoms with Crippen molar-refractivity contribution in [2.75, 3.05) is 11.9 Å². The SMILES string of the molecule is CC(C)(C)OC(=O)N[C@H](CO)CCC(=O)Nc1ccc(Oc2ccccc2)cc1. The van der Waals surface area contributed by atoms with Crippen molar-refractivity contribution in [1.29, 1.82) is 0 Å². The van der Waals surface area contributed by atoms with E-state index in [4.69, 9.17) is 9.47 Å². The van der Waals surface area contributed by atoms with E-state index >= 15 is 0 Å². The van der Waals surface area contributed by atoms with Gasteiger partial charge in [-0.05, 0) is 63.6 Å². The van der Waals surface area contributed by atoms with E-state index in [1.54, 1.807) is 45.0 Å². The average Bonchev–Trinajstić information content (AvgIpc) is 2.66. The highest BCUT2D eigenvalue weighted by Gasteiger charge is 2.19. The smallest absolute Gasteiger partial charge is 0.407 e. The van der Waals surface area contributed by atoms with Gasteiger partial charge in [0.15, 0.2) is 0 Å². The van der Waals surface area contributed by atoms with Crippen molar-refractivity contribution in [3.63, 3.8) is 0 Å². The molecule has 29 heavy (non-hydrogen) atoms. The summed E-state index contributed by atoms with van der Waals surface area (Å²) in [5, 5.41) is 14.8. The first-order valence-corrected chi connectivity index (χ1v) is 9.48. The highest BCUT2D eigenvalue weighted by Crippen LogP contribution is 2.22. The second-order valence-corrected chi connectivity index (χ2v) is 7.55. The normalized spacial score (nSPS) is 12.0. The van der Waals surface area contributed by atoms with Crippen LogP contribution in [0.2, 0.25) is 0 Å². The number of hydrogen-bond donors (Lipinski definition) is 3. The van der Waals surface area contributed by atoms with Gasteiger partial charge in [-0.2, -0.15) is 0 Å². The summed E-state index contributed by atoms with van der Waals surface area (Å²) in [6.45, 7) is 4.98. The number of aliphatic hydroxyl groups is 1. The molecule has 0 fully saturated rings. The monoisotopic (exact) mass is 400 g/mol. The number of para-hydroxylation sites is 1. The molecule has 3 N–H and O–H groups in total. The van der Waals surface area contributed by atoms with Gasteiger partial charge in [0.25, 0.3) is 0 Å². The lowest BCUT2D eigenvalue weighted by Gasteiger charge is -2.22. The summed E-state index contributed by atoms with van der Waals surface area (Å²) < 4.78 is 10.9. The quantitative estimate of drug-likeness (QED) is 0.620. The summed E-state index contributed by atoms with van der Waals surface area (Å²) in [6, 6.07) is 15.9. The van der Waals surface area contributed by atoms with Crippen LogP contribution >= 0.6 is 0 Å². The predicted molar refractivity (Wildman–Crippen MR) is 111 cm³/mol. The van der Waals surface area contributed by atoms with Crippen LogP contribution in [-0.4, -0.2) is 35.4 Å². The van der Waals surface area contributed by atoms with Crippen molar-refractivity contribution >= 4 is 17.7 Å². The average molecular weight is 400 g/mol. The zero-order chi connectivity index (χ0) is 21.3. The first-order valence-electron chi connectivity index (χ1n) is 9.48. The van der Waals surface area contributed by atoms with Crippen LogP contribution in [0.15, 0.2) is 54.6 Å². The Morgan fingerprint density at radius 2 is 1.62 bits per heavy atom. The molecule has 2 aromatic rings. The number of ether oxygens (including phenoxy) is 2. The molecule has 0 unspecified atom stereocenters. The maximum Gasteiger partial charge on any atom is 0.407 e. The fourth-order valence-electron chi connectivity index (χ4n) is 2.44. The summed E-state index contributed by atoms with van der Waals surface area (Å²) in [4.78, 5) is 23.9. The Bertz CT molecular complexity index is 785. The zero-order valence-electron chi connectivity index (χ0n) is 17.0. The van der Waals surface area contributed by atoms with Crippen LogP contribution in [0.3, 0.4) is 0 Å². The number of hydrogen-bond acceptors (Lipinski definition) is 5. The Balaban J connectivity index is 1.78. The number of benzene rings is 2. The van der Waals surface area contributed by atoms with Gasteiger partial charge in [-0.15, -0.1) is 0 Å². The molecule has 0 bridgehead atoms. The fourth-order valence-corrected chi connectivity index (χ4v) is 2.44. The van der Waals surface area contributed by atoms with Gasteiger partial charge < -0.3 is 25.2 Å². The van der Waals surface area contributed by atoms with Crippen LogP contribution in [0, 0.1) is 0 Å². The molecule has 0 spiro atoms. The van der Waals surface area contributed by atoms with E-state index in [1.807, 2.05) is 30.3 Å². The molecule has 1 atom stereocenters. The van der Waals surface area contributed by atoms with Crippen LogP contribution in [-0.2, 0) is 9.53 Å². The first-order chi connectivity index (χ1) is 13.7. The molecule has 2 amide bonds. The highest BCUT2D eigenvalue weighted by atomic mass is 16.6. The summed E-state index contributed by atoms with van der Waals surface area (Å²) in [7, 11) is 0. The van der Waals surface area contributed by atoms with Crippen molar-refractivity contribution in [2.24, 2.45) is 0 Å². The highest BCUT2D eigenvalue weighted by molar-refractivity contribution is 5.90. The Kier molecular flexibility index (Phi) is 8.03. The lowest BCUT2D eigenvalue weighted by Crippen LogP contribution is -2.41. The molecule has 0 aliphatic rings. The van der Waals surface area contributed by atoms with Gasteiger partial charge in [-0.3, -0.25) is 4.79 Å². The van der Waals surface area contributed by atoms with Crippen LogP contribution in [0.5, 0.6) is 11.5 Å². The summed E-state index contributed by atoms with van der Waals surface area (Å²) in [5.74, 6) is 1.18. The van der Waals surface area contributed by atoms with Crippen LogP contribution < -0.4 is 15.4 Å². The van der Waals surface area contributed by atoms with Crippen molar-refractivity contribution in [3.05, 3.63) is 54.6 Å². The molecule has 0 aliphatic heterocycles. The van der Waals surface area contributed by atoms with Crippen molar-refractivity contribution in [3.8, 4) is 11.5 Å². The molecule has 0 aromatic heterocycles. The van der Waals surface area contributed by atoms with Gasteiger partial charge in [0.1, 0.15) is 17.1 Å². The lowest BCUT2D eigenvalue weighted by atomic mass is 10.1. The topological polar surface area (TPSA) is 96.9 Å². The molecule has 156 valence electrons. The second kappa shape index (κ2) is 10.5. The molecular formula is C22H28N2O5. The molecule has 0 aliphatic carbocycles. The Hall–Kier alpha value is -3.06. The molecular weight excluding hydrogens is 372 g/mol. The molecule has 2 aromatic carbocycles. The number of carbonyl (C=O) groups is 2. The van der Waals surface area contributed by atoms with E-state index in [1.165, 1.54) is 0 Å². The number of nitrogens with one attached hydrogen (secondary N) is 2. The maximum absolute atomic E-state index is 12.2. The predicted octanol–water partition coefficient (Wildman–Crippen LogP) is 4.08. The Labute approximate surface area is 171 Å². The molecule has 0 heterocycles. The van der Waals surface area contributed by atoms with Crippen LogP contribution in [0.1, 0.15) is 33.6 Å². The fraction of sp³-hybridized carbons (Fsp3) is 0.364. The Morgan fingerprint density at radius 1 is 1.00 bits per heavy atom. The minimum atomic E-state index is -0.627. The molecule has 2 rings (SSSR count). The maximum atomic E-state index is 12.2. The minimum absolute atomic E-state index is 0.142. The first kappa shape index (κ1) is 22.2. The third-order valence-corrected chi connectivity index (χ3v) is 3.78. The van der Waals surface area contributed by atoms with Crippen molar-refractivity contribution in [2.45, 2.75) is 45.3 Å². The number of amides is 2. The second-order valence-electron chi connectivity index (χ2n) is 7.55. The van der Waals surface area contributed by atoms with Gasteiger partial charge >= 0.3 is 6.09 Å². The third kappa shape index (κ3) is 8.66. The van der Waals surface area contributed by atoms with E-state index in [0.717, 1.165) is 5.75 Å². The summed E-state index contributed by atoms with van der Waals surface area (Å²) >= 11 is 0. The number of aliphatic hydroxyl groups excluding tert-OH is 1. The molecule has 0 radical (unpaired) electrons. The lowest BCUT2D eigenvalue weighted by molar-refractivity contribution is -0.116. The molecule has 0 saturated carbocycles. The number of rotatable bonds is 8. The Morgan fingerprint density at radius 3 is 2.21 bits per heavy atom. The van der Waals surface area contributed by atoms with Gasteiger partial charge in [0, 0.05) is 12.1 Å². The van der Waals surface area contributed by atoms with Crippen molar-refractivity contribution in [1.82, 2.24) is 5.32 Å². The largest absolute Gasteiger partial charge is 0.457 e. The van der Waals surface area contributed by atoms with Crippen LogP contribution in [0.25, 0.3) is 0 Å². The standard InChI is InChI=1S/C22H28N2O5/c1-22(2,3)29-21(27)24-17(15-25)11-14-20(26)23-16-9-12-19(13-10-16)28-18-7-5-4-6-8-18/h4-10,12-13,17,25H,11,14-15H2,1-3H3,(H,23,26)(H,24,27)/t17-/m0/s1. The summed E-state index contributed by atoms with van der Waals surface area (Å²) in [5.41, 5.74) is 0.00811. The summed E-state index contributed by atoms with van der Waals surface area (Å²) in [6.07, 6.45) is -0.189. The van der Waals surface area contributed by atoms with E-state index in [2.05, 4.69) is 10.6 Å². The van der Waals surface area contributed by atoms with E-state index < -0.39 is 17.7 Å². The van der Waals surface area contributed by atoms with E-state index in [9.17, 15) is 14.7 Å². The zero-order valence-corrected chi connectivity index (χ0v) is 17.0. The third-order valence-electron chi connectivity index (χ3n) is 3.78. The molecule has 0 saturated heterocycles. The molecule has 7 heteroatoms. The number of anilines is 1. The minimum Gasteiger partial charge on any atom is -0.457 e. The number of alkyl carbamates (subject to hydrolysis) is 1. The van der Waals surface area contributed by atoms with E-state index in [-0.39, 0.29) is 25.4 Å². The van der Waals surface area contributed by atoms with Crippen LogP contribution in [0.4, 0.5) is 10.5 Å².